The minimum atomic E-state index is -1.67. The van der Waals surface area contributed by atoms with Crippen molar-refractivity contribution in [1.82, 2.24) is 0 Å². The molecular formula is C48H46Cl4N8O8. The average Bonchev–Trinajstić information content (AvgIpc) is 3.28. The first-order valence-corrected chi connectivity index (χ1v) is 22.8. The molecule has 0 bridgehead atoms. The number of amides is 4. The summed E-state index contributed by atoms with van der Waals surface area (Å²) in [4.78, 5) is 79.2. The molecule has 4 amide bonds. The van der Waals surface area contributed by atoms with Gasteiger partial charge in [-0.05, 0) is 112 Å². The van der Waals surface area contributed by atoms with Crippen LogP contribution in [0.1, 0.15) is 59.5 Å². The Morgan fingerprint density at radius 3 is 1.29 bits per heavy atom. The number of Topliss-reactive ketones (excluding diaryl/α,β-unsaturated/α-hetero) is 2. The van der Waals surface area contributed by atoms with Gasteiger partial charge in [0, 0.05) is 62.1 Å². The van der Waals surface area contributed by atoms with E-state index in [-0.39, 0.29) is 68.6 Å². The molecule has 0 aliphatic rings. The number of benzene rings is 5. The normalized spacial score (nSPS) is 12.0. The van der Waals surface area contributed by atoms with E-state index in [1.165, 1.54) is 48.5 Å². The highest BCUT2D eigenvalue weighted by molar-refractivity contribution is 6.31. The number of alkyl halides is 2. The van der Waals surface area contributed by atoms with Crippen molar-refractivity contribution < 1.29 is 38.2 Å². The first-order valence-electron chi connectivity index (χ1n) is 21.0. The number of hydrogen-bond acceptors (Lipinski definition) is 12. The van der Waals surface area contributed by atoms with Gasteiger partial charge >= 0.3 is 0 Å². The Morgan fingerprint density at radius 1 is 0.529 bits per heavy atom. The number of anilines is 4. The van der Waals surface area contributed by atoms with E-state index in [2.05, 4.69) is 41.7 Å². The second-order valence-electron chi connectivity index (χ2n) is 14.7. The lowest BCUT2D eigenvalue weighted by Gasteiger charge is -2.19. The van der Waals surface area contributed by atoms with E-state index < -0.39 is 47.3 Å². The van der Waals surface area contributed by atoms with Crippen LogP contribution in [0, 0.1) is 0 Å². The average molecular weight is 1000 g/mol. The van der Waals surface area contributed by atoms with Gasteiger partial charge in [-0.1, -0.05) is 47.5 Å². The molecule has 0 aliphatic carbocycles. The number of ketones is 2. The SMILES string of the molecule is CCOc1cc(NC(=O)C(N=Nc2cc(Cl)cc(C(=O)Nc3ccc(CCCl)cc3)c2)C(C)=O)cc(OCC)c1NC(=O)C(N=Nc1cc(Cl)cc(C(=O)Nc2ccc(CCCl)cc2)c1)C(C)=O. The predicted octanol–water partition coefficient (Wildman–Crippen LogP) is 11.2. The van der Waals surface area contributed by atoms with Crippen LogP contribution in [0.4, 0.5) is 34.1 Å². The zero-order valence-electron chi connectivity index (χ0n) is 37.2. The minimum absolute atomic E-state index is 0.00231. The van der Waals surface area contributed by atoms with E-state index >= 15 is 0 Å². The van der Waals surface area contributed by atoms with Crippen LogP contribution in [0.15, 0.2) is 118 Å². The monoisotopic (exact) mass is 1000 g/mol. The number of carbonyl (C=O) groups is 6. The summed E-state index contributed by atoms with van der Waals surface area (Å²) in [6.45, 7) is 5.86. The molecule has 20 heteroatoms. The van der Waals surface area contributed by atoms with Crippen LogP contribution in [0.5, 0.6) is 11.5 Å². The molecule has 0 saturated carbocycles. The quantitative estimate of drug-likeness (QED) is 0.0296. The fraction of sp³-hybridized carbons (Fsp3) is 0.250. The van der Waals surface area contributed by atoms with Crippen LogP contribution >= 0.6 is 46.4 Å². The van der Waals surface area contributed by atoms with E-state index in [4.69, 9.17) is 55.9 Å². The summed E-state index contributed by atoms with van der Waals surface area (Å²) in [7, 11) is 0. The lowest BCUT2D eigenvalue weighted by Crippen LogP contribution is -2.32. The first kappa shape index (κ1) is 52.3. The summed E-state index contributed by atoms with van der Waals surface area (Å²) in [6.07, 6.45) is 1.36. The summed E-state index contributed by atoms with van der Waals surface area (Å²) in [5, 5.41) is 27.3. The summed E-state index contributed by atoms with van der Waals surface area (Å²) >= 11 is 24.3. The predicted molar refractivity (Wildman–Crippen MR) is 265 cm³/mol. The Bertz CT molecular complexity index is 2690. The van der Waals surface area contributed by atoms with Gasteiger partial charge in [-0.25, -0.2) is 0 Å². The Hall–Kier alpha value is -6.72. The summed E-state index contributed by atoms with van der Waals surface area (Å²) in [5.74, 6) is -3.11. The minimum Gasteiger partial charge on any atom is -0.491 e. The van der Waals surface area contributed by atoms with Crippen molar-refractivity contribution in [2.75, 3.05) is 46.2 Å². The molecule has 4 N–H and O–H groups in total. The second kappa shape index (κ2) is 25.4. The van der Waals surface area contributed by atoms with Crippen LogP contribution in [0.2, 0.25) is 10.0 Å². The van der Waals surface area contributed by atoms with Gasteiger partial charge in [0.1, 0.15) is 17.2 Å². The van der Waals surface area contributed by atoms with Crippen LogP contribution < -0.4 is 30.7 Å². The molecule has 5 aromatic carbocycles. The van der Waals surface area contributed by atoms with Gasteiger partial charge in [0.2, 0.25) is 12.1 Å². The summed E-state index contributed by atoms with van der Waals surface area (Å²) < 4.78 is 11.7. The molecule has 0 heterocycles. The third kappa shape index (κ3) is 15.2. The Labute approximate surface area is 412 Å². The Morgan fingerprint density at radius 2 is 0.926 bits per heavy atom. The molecule has 5 aromatic rings. The lowest BCUT2D eigenvalue weighted by atomic mass is 10.1. The third-order valence-corrected chi connectivity index (χ3v) is 10.3. The molecular weight excluding hydrogens is 958 g/mol. The molecule has 354 valence electrons. The maximum Gasteiger partial charge on any atom is 0.259 e. The maximum atomic E-state index is 13.7. The number of aryl methyl sites for hydroxylation is 2. The van der Waals surface area contributed by atoms with E-state index in [9.17, 15) is 28.8 Å². The Kier molecular flexibility index (Phi) is 19.5. The summed E-state index contributed by atoms with van der Waals surface area (Å²) in [5.41, 5.74) is 3.67. The number of azo groups is 2. The van der Waals surface area contributed by atoms with Gasteiger partial charge < -0.3 is 30.7 Å². The smallest absolute Gasteiger partial charge is 0.259 e. The zero-order chi connectivity index (χ0) is 49.3. The molecule has 68 heavy (non-hydrogen) atoms. The molecule has 16 nitrogen and oxygen atoms in total. The number of hydrogen-bond donors (Lipinski definition) is 4. The molecule has 5 rings (SSSR count). The number of nitrogens with zero attached hydrogens (tertiary/aromatic N) is 4. The number of halogens is 4. The van der Waals surface area contributed by atoms with Crippen molar-refractivity contribution >= 4 is 116 Å². The maximum absolute atomic E-state index is 13.7. The van der Waals surface area contributed by atoms with Crippen molar-refractivity contribution in [2.24, 2.45) is 20.5 Å². The molecule has 0 fully saturated rings. The first-order chi connectivity index (χ1) is 32.6. The van der Waals surface area contributed by atoms with Crippen molar-refractivity contribution in [3.05, 3.63) is 129 Å². The van der Waals surface area contributed by atoms with Gasteiger partial charge in [-0.15, -0.1) is 23.2 Å². The van der Waals surface area contributed by atoms with Crippen LogP contribution in [-0.4, -0.2) is 72.3 Å². The molecule has 0 radical (unpaired) electrons. The van der Waals surface area contributed by atoms with E-state index in [1.54, 1.807) is 38.1 Å². The van der Waals surface area contributed by atoms with Gasteiger partial charge in [0.15, 0.2) is 11.6 Å². The third-order valence-electron chi connectivity index (χ3n) is 9.51. The van der Waals surface area contributed by atoms with E-state index in [0.29, 0.717) is 36.0 Å². The standard InChI is InChI=1S/C48H46Cl4N8O8/c1-5-67-40-25-37(55-47(65)42(27(3)61)59-57-38-21-31(19-33(51)23-38)45(63)53-35-11-7-29(8-12-35)15-17-49)26-41(68-6-2)44(40)56-48(66)43(28(4)62)60-58-39-22-32(20-34(52)24-39)46(64)54-36-13-9-30(10-14-36)16-18-50/h7-14,19-26,42-43H,5-6,15-18H2,1-4H3,(H,53,63)(H,54,64)(H,55,65)(H,56,66). The topological polar surface area (TPSA) is 218 Å². The second-order valence-corrected chi connectivity index (χ2v) is 16.4. The highest BCUT2D eigenvalue weighted by Gasteiger charge is 2.28. The fourth-order valence-electron chi connectivity index (χ4n) is 6.27. The zero-order valence-corrected chi connectivity index (χ0v) is 40.2. The number of nitrogens with one attached hydrogen (secondary N) is 4. The van der Waals surface area contributed by atoms with Crippen molar-refractivity contribution in [3.63, 3.8) is 0 Å². The molecule has 2 unspecified atom stereocenters. The molecule has 0 aliphatic heterocycles. The Balaban J connectivity index is 1.32. The van der Waals surface area contributed by atoms with Crippen molar-refractivity contribution in [3.8, 4) is 11.5 Å². The van der Waals surface area contributed by atoms with Gasteiger partial charge in [0.05, 0.1) is 24.6 Å². The number of carbonyl (C=O) groups excluding carboxylic acids is 6. The fourth-order valence-corrected chi connectivity index (χ4v) is 7.17. The van der Waals surface area contributed by atoms with E-state index in [0.717, 1.165) is 25.0 Å². The van der Waals surface area contributed by atoms with Crippen LogP contribution in [0.3, 0.4) is 0 Å². The highest BCUT2D eigenvalue weighted by Crippen LogP contribution is 2.39. The van der Waals surface area contributed by atoms with Crippen LogP contribution in [-0.2, 0) is 32.0 Å². The number of ether oxygens (including phenoxy) is 2. The molecule has 0 saturated heterocycles. The largest absolute Gasteiger partial charge is 0.491 e. The molecule has 0 spiro atoms. The van der Waals surface area contributed by atoms with Gasteiger partial charge in [-0.3, -0.25) is 28.8 Å². The van der Waals surface area contributed by atoms with Crippen molar-refractivity contribution in [2.45, 2.75) is 52.6 Å². The molecule has 2 atom stereocenters. The van der Waals surface area contributed by atoms with Gasteiger partial charge in [0.25, 0.3) is 23.6 Å². The van der Waals surface area contributed by atoms with Gasteiger partial charge in [-0.2, -0.15) is 20.5 Å². The van der Waals surface area contributed by atoms with Crippen LogP contribution in [0.25, 0.3) is 0 Å². The van der Waals surface area contributed by atoms with E-state index in [1.807, 2.05) is 24.3 Å². The lowest BCUT2D eigenvalue weighted by molar-refractivity contribution is -0.127. The molecule has 0 aromatic heterocycles. The number of rotatable bonds is 22. The van der Waals surface area contributed by atoms with Crippen molar-refractivity contribution in [1.29, 1.82) is 0 Å². The highest BCUT2D eigenvalue weighted by atomic mass is 35.5. The summed E-state index contributed by atoms with van der Waals surface area (Å²) in [6, 6.07) is 22.3.